The van der Waals surface area contributed by atoms with E-state index in [4.69, 9.17) is 4.98 Å². The second kappa shape index (κ2) is 9.74. The van der Waals surface area contributed by atoms with Crippen molar-refractivity contribution in [3.8, 4) is 0 Å². The number of piperidine rings is 2. The lowest BCUT2D eigenvalue weighted by molar-refractivity contribution is -0.131. The second-order valence-corrected chi connectivity index (χ2v) is 8.88. The van der Waals surface area contributed by atoms with Crippen molar-refractivity contribution in [1.82, 2.24) is 19.8 Å². The number of aromatic nitrogens is 2. The molecule has 1 aromatic heterocycles. The van der Waals surface area contributed by atoms with Crippen molar-refractivity contribution in [3.05, 3.63) is 12.3 Å². The average Bonchev–Trinajstić information content (AvgIpc) is 3.04. The molecule has 3 saturated heterocycles. The van der Waals surface area contributed by atoms with Crippen LogP contribution in [-0.2, 0) is 4.79 Å². The van der Waals surface area contributed by atoms with Gasteiger partial charge in [0.05, 0.1) is 0 Å². The van der Waals surface area contributed by atoms with E-state index in [0.717, 1.165) is 63.9 Å². The summed E-state index contributed by atoms with van der Waals surface area (Å²) in [5.74, 6) is 2.02. The van der Waals surface area contributed by atoms with E-state index in [9.17, 15) is 4.79 Å². The molecular formula is C22H36N6O. The summed E-state index contributed by atoms with van der Waals surface area (Å²) >= 11 is 0. The van der Waals surface area contributed by atoms with Gasteiger partial charge in [0.25, 0.3) is 0 Å². The summed E-state index contributed by atoms with van der Waals surface area (Å²) in [7, 11) is 0. The highest BCUT2D eigenvalue weighted by atomic mass is 16.2. The Bertz CT molecular complexity index is 675. The minimum atomic E-state index is 0.208. The molecular weight excluding hydrogens is 364 g/mol. The number of hydrogen-bond acceptors (Lipinski definition) is 6. The van der Waals surface area contributed by atoms with Gasteiger partial charge < -0.3 is 15.1 Å². The van der Waals surface area contributed by atoms with Crippen LogP contribution in [0.1, 0.15) is 58.3 Å². The summed E-state index contributed by atoms with van der Waals surface area (Å²) in [5, 5.41) is 3.61. The molecule has 3 aliphatic heterocycles. The standard InChI is InChI=1S/C22H36N6O/c1-18(29)27-14-7-9-20(17-27)28-15-6-8-19(16-28)24-22-23-11-10-21(25-22)26-12-4-2-3-5-13-26/h10-11,19-20H,2-9,12-17H2,1H3,(H,23,24,25). The third-order valence-corrected chi connectivity index (χ3v) is 6.72. The van der Waals surface area contributed by atoms with Crippen molar-refractivity contribution in [2.75, 3.05) is 49.5 Å². The third-order valence-electron chi connectivity index (χ3n) is 6.72. The minimum absolute atomic E-state index is 0.208. The average molecular weight is 401 g/mol. The normalized spacial score (nSPS) is 26.8. The van der Waals surface area contributed by atoms with Gasteiger partial charge in [-0.05, 0) is 51.1 Å². The molecule has 4 rings (SSSR count). The first kappa shape index (κ1) is 20.4. The predicted octanol–water partition coefficient (Wildman–Crippen LogP) is 2.74. The van der Waals surface area contributed by atoms with Crippen molar-refractivity contribution in [2.24, 2.45) is 0 Å². The number of carbonyl (C=O) groups excluding carboxylic acids is 1. The lowest BCUT2D eigenvalue weighted by atomic mass is 9.98. The molecule has 1 amide bonds. The van der Waals surface area contributed by atoms with Gasteiger partial charge in [0.2, 0.25) is 11.9 Å². The maximum absolute atomic E-state index is 11.8. The molecule has 7 heteroatoms. The molecule has 2 unspecified atom stereocenters. The lowest BCUT2D eigenvalue weighted by Crippen LogP contribution is -2.54. The molecule has 4 heterocycles. The second-order valence-electron chi connectivity index (χ2n) is 8.88. The van der Waals surface area contributed by atoms with Crippen LogP contribution in [0.15, 0.2) is 12.3 Å². The summed E-state index contributed by atoms with van der Waals surface area (Å²) in [5.41, 5.74) is 0. The molecule has 160 valence electrons. The fraction of sp³-hybridized carbons (Fsp3) is 0.773. The first-order valence-corrected chi connectivity index (χ1v) is 11.5. The molecule has 0 spiro atoms. The van der Waals surface area contributed by atoms with Crippen molar-refractivity contribution >= 4 is 17.7 Å². The molecule has 0 bridgehead atoms. The van der Waals surface area contributed by atoms with E-state index in [-0.39, 0.29) is 5.91 Å². The van der Waals surface area contributed by atoms with Crippen molar-refractivity contribution in [1.29, 1.82) is 0 Å². The minimum Gasteiger partial charge on any atom is -0.356 e. The molecule has 0 radical (unpaired) electrons. The van der Waals surface area contributed by atoms with Gasteiger partial charge in [0, 0.05) is 57.9 Å². The van der Waals surface area contributed by atoms with Gasteiger partial charge in [-0.1, -0.05) is 12.8 Å². The number of carbonyl (C=O) groups is 1. The molecule has 0 aromatic carbocycles. The fourth-order valence-corrected chi connectivity index (χ4v) is 5.07. The van der Waals surface area contributed by atoms with E-state index in [1.54, 1.807) is 6.92 Å². The van der Waals surface area contributed by atoms with E-state index in [1.807, 2.05) is 17.2 Å². The van der Waals surface area contributed by atoms with Crippen LogP contribution in [0, 0.1) is 0 Å². The Morgan fingerprint density at radius 1 is 1.00 bits per heavy atom. The van der Waals surface area contributed by atoms with Crippen LogP contribution >= 0.6 is 0 Å². The van der Waals surface area contributed by atoms with Crippen LogP contribution in [0.4, 0.5) is 11.8 Å². The number of hydrogen-bond donors (Lipinski definition) is 1. The van der Waals surface area contributed by atoms with Gasteiger partial charge in [0.15, 0.2) is 0 Å². The number of rotatable bonds is 4. The van der Waals surface area contributed by atoms with Crippen LogP contribution in [-0.4, -0.2) is 77.0 Å². The summed E-state index contributed by atoms with van der Waals surface area (Å²) in [6.45, 7) is 7.82. The molecule has 1 aromatic rings. The van der Waals surface area contributed by atoms with Crippen LogP contribution < -0.4 is 10.2 Å². The van der Waals surface area contributed by atoms with Crippen LogP contribution in [0.5, 0.6) is 0 Å². The monoisotopic (exact) mass is 400 g/mol. The fourth-order valence-electron chi connectivity index (χ4n) is 5.07. The van der Waals surface area contributed by atoms with Gasteiger partial charge in [0.1, 0.15) is 5.82 Å². The van der Waals surface area contributed by atoms with E-state index in [2.05, 4.69) is 20.1 Å². The molecule has 0 saturated carbocycles. The maximum atomic E-state index is 11.8. The Morgan fingerprint density at radius 3 is 2.59 bits per heavy atom. The zero-order chi connectivity index (χ0) is 20.1. The maximum Gasteiger partial charge on any atom is 0.224 e. The molecule has 1 N–H and O–H groups in total. The molecule has 3 fully saturated rings. The number of amides is 1. The smallest absolute Gasteiger partial charge is 0.224 e. The molecule has 0 aliphatic carbocycles. The SMILES string of the molecule is CC(=O)N1CCCC(N2CCCC(Nc3nccc(N4CCCCCC4)n3)C2)C1. The Kier molecular flexibility index (Phi) is 6.85. The quantitative estimate of drug-likeness (QED) is 0.838. The summed E-state index contributed by atoms with van der Waals surface area (Å²) in [6.07, 6.45) is 11.7. The van der Waals surface area contributed by atoms with Gasteiger partial charge in [-0.15, -0.1) is 0 Å². The van der Waals surface area contributed by atoms with E-state index in [1.165, 1.54) is 38.5 Å². The number of nitrogens with one attached hydrogen (secondary N) is 1. The molecule has 29 heavy (non-hydrogen) atoms. The number of likely N-dealkylation sites (tertiary alicyclic amines) is 2. The third kappa shape index (κ3) is 5.38. The van der Waals surface area contributed by atoms with E-state index < -0.39 is 0 Å². The molecule has 3 aliphatic rings. The van der Waals surface area contributed by atoms with Crippen LogP contribution in [0.3, 0.4) is 0 Å². The van der Waals surface area contributed by atoms with Gasteiger partial charge in [-0.25, -0.2) is 4.98 Å². The van der Waals surface area contributed by atoms with Crippen molar-refractivity contribution in [3.63, 3.8) is 0 Å². The van der Waals surface area contributed by atoms with Gasteiger partial charge >= 0.3 is 0 Å². The molecule has 7 nitrogen and oxygen atoms in total. The zero-order valence-electron chi connectivity index (χ0n) is 17.9. The summed E-state index contributed by atoms with van der Waals surface area (Å²) in [6, 6.07) is 2.90. The Balaban J connectivity index is 1.35. The Hall–Kier alpha value is -1.89. The predicted molar refractivity (Wildman–Crippen MR) is 116 cm³/mol. The Labute approximate surface area is 174 Å². The summed E-state index contributed by atoms with van der Waals surface area (Å²) in [4.78, 5) is 28.1. The molecule has 2 atom stereocenters. The first-order chi connectivity index (χ1) is 14.2. The lowest BCUT2D eigenvalue weighted by Gasteiger charge is -2.43. The first-order valence-electron chi connectivity index (χ1n) is 11.5. The van der Waals surface area contributed by atoms with E-state index >= 15 is 0 Å². The summed E-state index contributed by atoms with van der Waals surface area (Å²) < 4.78 is 0. The van der Waals surface area contributed by atoms with Crippen LogP contribution in [0.25, 0.3) is 0 Å². The van der Waals surface area contributed by atoms with Crippen molar-refractivity contribution < 1.29 is 4.79 Å². The van der Waals surface area contributed by atoms with E-state index in [0.29, 0.717) is 12.1 Å². The highest BCUT2D eigenvalue weighted by Gasteiger charge is 2.30. The number of anilines is 2. The van der Waals surface area contributed by atoms with Gasteiger partial charge in [-0.3, -0.25) is 9.69 Å². The number of nitrogens with zero attached hydrogens (tertiary/aromatic N) is 5. The van der Waals surface area contributed by atoms with Gasteiger partial charge in [-0.2, -0.15) is 4.98 Å². The zero-order valence-corrected chi connectivity index (χ0v) is 17.9. The topological polar surface area (TPSA) is 64.6 Å². The Morgan fingerprint density at radius 2 is 1.79 bits per heavy atom. The highest BCUT2D eigenvalue weighted by molar-refractivity contribution is 5.73. The van der Waals surface area contributed by atoms with Crippen molar-refractivity contribution in [2.45, 2.75) is 70.4 Å². The highest BCUT2D eigenvalue weighted by Crippen LogP contribution is 2.23. The van der Waals surface area contributed by atoms with Crippen LogP contribution in [0.2, 0.25) is 0 Å². The largest absolute Gasteiger partial charge is 0.356 e.